The number of hydrogen-bond acceptors (Lipinski definition) is 6. The summed E-state index contributed by atoms with van der Waals surface area (Å²) < 4.78 is 0. The monoisotopic (exact) mass is 468 g/mol. The highest BCUT2D eigenvalue weighted by Crippen LogP contribution is 2.61. The van der Waals surface area contributed by atoms with Crippen molar-refractivity contribution in [1.29, 1.82) is 0 Å². The second-order valence-electron chi connectivity index (χ2n) is 12.4. The summed E-state index contributed by atoms with van der Waals surface area (Å²) in [4.78, 5) is 14.1. The molecule has 0 radical (unpaired) electrons. The van der Waals surface area contributed by atoms with Gasteiger partial charge in [0.25, 0.3) is 0 Å². The molecule has 0 bridgehead atoms. The first-order valence-corrected chi connectivity index (χ1v) is 13.3. The van der Waals surface area contributed by atoms with Crippen molar-refractivity contribution in [3.8, 4) is 0 Å². The van der Waals surface area contributed by atoms with Gasteiger partial charge in [0.2, 0.25) is 0 Å². The number of fused-ring (bicyclic) bond motifs is 1. The molecule has 6 nitrogen and oxygen atoms in total. The number of aliphatic hydroxyl groups is 5. The fourth-order valence-electron chi connectivity index (χ4n) is 8.30. The Labute approximate surface area is 199 Å². The number of Topliss-reactive ketones (excluding diaryl/α,β-unsaturated/α-hetero) is 1. The Balaban J connectivity index is 1.92. The second kappa shape index (κ2) is 10.6. The molecule has 0 aromatic heterocycles. The fourth-order valence-corrected chi connectivity index (χ4v) is 8.30. The van der Waals surface area contributed by atoms with E-state index in [1.165, 1.54) is 6.42 Å². The zero-order valence-electron chi connectivity index (χ0n) is 21.1. The zero-order chi connectivity index (χ0) is 24.6. The molecule has 33 heavy (non-hydrogen) atoms. The summed E-state index contributed by atoms with van der Waals surface area (Å²) in [6.07, 6.45) is 3.80. The van der Waals surface area contributed by atoms with Gasteiger partial charge in [-0.15, -0.1) is 0 Å². The lowest BCUT2D eigenvalue weighted by molar-refractivity contribution is -0.177. The average molecular weight is 469 g/mol. The van der Waals surface area contributed by atoms with Crippen molar-refractivity contribution in [2.24, 2.45) is 52.3 Å². The van der Waals surface area contributed by atoms with Crippen molar-refractivity contribution in [3.63, 3.8) is 0 Å². The number of carbonyl (C=O) groups excluding carboxylic acids is 1. The molecule has 0 aromatic carbocycles. The molecule has 3 fully saturated rings. The average Bonchev–Trinajstić information content (AvgIpc) is 3.10. The van der Waals surface area contributed by atoms with Gasteiger partial charge in [0.15, 0.2) is 0 Å². The molecule has 3 rings (SSSR count). The molecular formula is C27H48O6. The van der Waals surface area contributed by atoms with E-state index in [-0.39, 0.29) is 67.5 Å². The maximum absolute atomic E-state index is 14.1. The molecule has 0 aromatic rings. The van der Waals surface area contributed by atoms with Crippen LogP contribution in [0.5, 0.6) is 0 Å². The van der Waals surface area contributed by atoms with Gasteiger partial charge in [-0.1, -0.05) is 40.5 Å². The van der Waals surface area contributed by atoms with E-state index in [1.54, 1.807) is 0 Å². The quantitative estimate of drug-likeness (QED) is 0.355. The largest absolute Gasteiger partial charge is 0.396 e. The van der Waals surface area contributed by atoms with Crippen LogP contribution in [-0.2, 0) is 4.79 Å². The third-order valence-electron chi connectivity index (χ3n) is 10.2. The molecule has 3 aliphatic carbocycles. The summed E-state index contributed by atoms with van der Waals surface area (Å²) in [7, 11) is 0. The smallest absolute Gasteiger partial charge is 0.145 e. The highest BCUT2D eigenvalue weighted by atomic mass is 16.3. The van der Waals surface area contributed by atoms with Gasteiger partial charge in [-0.2, -0.15) is 0 Å². The van der Waals surface area contributed by atoms with Gasteiger partial charge in [-0.3, -0.25) is 4.79 Å². The van der Waals surface area contributed by atoms with E-state index in [2.05, 4.69) is 27.7 Å². The third-order valence-corrected chi connectivity index (χ3v) is 10.2. The number of hydrogen-bond donors (Lipinski definition) is 5. The van der Waals surface area contributed by atoms with Crippen molar-refractivity contribution in [2.75, 3.05) is 19.8 Å². The number of ketones is 1. The van der Waals surface area contributed by atoms with E-state index in [9.17, 15) is 30.3 Å². The van der Waals surface area contributed by atoms with Crippen LogP contribution in [0.2, 0.25) is 0 Å². The minimum atomic E-state index is -1.10. The van der Waals surface area contributed by atoms with E-state index < -0.39 is 17.6 Å². The van der Waals surface area contributed by atoms with Crippen LogP contribution in [0.3, 0.4) is 0 Å². The summed E-state index contributed by atoms with van der Waals surface area (Å²) in [5.74, 6) is 0.878. The number of carbonyl (C=O) groups is 1. The molecule has 0 unspecified atom stereocenters. The normalized spacial score (nSPS) is 44.8. The van der Waals surface area contributed by atoms with Gasteiger partial charge >= 0.3 is 0 Å². The van der Waals surface area contributed by atoms with E-state index in [1.807, 2.05) is 0 Å². The van der Waals surface area contributed by atoms with Crippen LogP contribution in [-0.4, -0.2) is 63.3 Å². The van der Waals surface area contributed by atoms with Gasteiger partial charge in [0.1, 0.15) is 5.78 Å². The molecule has 0 spiro atoms. The predicted octanol–water partition coefficient (Wildman–Crippen LogP) is 2.78. The SMILES string of the molecule is CC(C)CC[C@@H](C)[C@H]1CC[C@@H]([C@@H]2C[C@@H](CO)[C@@H]3C[C@H](O)[C@@H](O)C[C@]3(CO)C2=O)[C@]1(C)CCO. The predicted molar refractivity (Wildman–Crippen MR) is 127 cm³/mol. The number of aliphatic hydroxyl groups excluding tert-OH is 5. The maximum Gasteiger partial charge on any atom is 0.145 e. The molecule has 3 saturated carbocycles. The Morgan fingerprint density at radius 1 is 0.970 bits per heavy atom. The summed E-state index contributed by atoms with van der Waals surface area (Å²) in [5, 5.41) is 51.5. The summed E-state index contributed by atoms with van der Waals surface area (Å²) in [5.41, 5.74) is -1.28. The van der Waals surface area contributed by atoms with Crippen LogP contribution < -0.4 is 0 Å². The Morgan fingerprint density at radius 2 is 1.67 bits per heavy atom. The van der Waals surface area contributed by atoms with Crippen molar-refractivity contribution >= 4 is 5.78 Å². The maximum atomic E-state index is 14.1. The van der Waals surface area contributed by atoms with E-state index in [0.29, 0.717) is 30.6 Å². The van der Waals surface area contributed by atoms with Crippen LogP contribution in [0, 0.1) is 52.3 Å². The van der Waals surface area contributed by atoms with Crippen LogP contribution in [0.15, 0.2) is 0 Å². The van der Waals surface area contributed by atoms with Gasteiger partial charge in [0.05, 0.1) is 24.2 Å². The Morgan fingerprint density at radius 3 is 2.24 bits per heavy atom. The molecule has 0 amide bonds. The molecule has 0 saturated heterocycles. The van der Waals surface area contributed by atoms with Crippen LogP contribution >= 0.6 is 0 Å². The standard InChI is InChI=1S/C27H48O6/c1-16(2)5-6-17(3)20-7-8-21(26(20,4)9-10-28)19-11-18(14-29)22-12-23(31)24(32)13-27(22,15-30)25(19)33/h16-24,28-32H,5-15H2,1-4H3/t17-,18+,19+,20-,21+,22+,23+,24+,26-,27-/m1/s1. The van der Waals surface area contributed by atoms with Gasteiger partial charge in [0, 0.05) is 19.1 Å². The van der Waals surface area contributed by atoms with Gasteiger partial charge in [-0.25, -0.2) is 0 Å². The minimum absolute atomic E-state index is 0.00954. The molecule has 192 valence electrons. The first-order valence-electron chi connectivity index (χ1n) is 13.3. The Bertz CT molecular complexity index is 667. The van der Waals surface area contributed by atoms with Crippen molar-refractivity contribution in [3.05, 3.63) is 0 Å². The summed E-state index contributed by atoms with van der Waals surface area (Å²) >= 11 is 0. The molecule has 10 atom stereocenters. The van der Waals surface area contributed by atoms with E-state index in [0.717, 1.165) is 19.3 Å². The lowest BCUT2D eigenvalue weighted by Crippen LogP contribution is -2.61. The van der Waals surface area contributed by atoms with Crippen LogP contribution in [0.25, 0.3) is 0 Å². The molecule has 0 heterocycles. The highest BCUT2D eigenvalue weighted by Gasteiger charge is 2.62. The molecule has 0 aliphatic heterocycles. The van der Waals surface area contributed by atoms with Crippen molar-refractivity contribution < 1.29 is 30.3 Å². The Hall–Kier alpha value is -0.530. The van der Waals surface area contributed by atoms with Crippen molar-refractivity contribution in [1.82, 2.24) is 0 Å². The summed E-state index contributed by atoms with van der Waals surface area (Å²) in [6.45, 7) is 8.69. The van der Waals surface area contributed by atoms with Crippen molar-refractivity contribution in [2.45, 2.75) is 91.3 Å². The van der Waals surface area contributed by atoms with Crippen LogP contribution in [0.1, 0.15) is 79.1 Å². The first-order chi connectivity index (χ1) is 15.5. The Kier molecular flexibility index (Phi) is 8.70. The third kappa shape index (κ3) is 4.80. The highest BCUT2D eigenvalue weighted by molar-refractivity contribution is 5.89. The fraction of sp³-hybridized carbons (Fsp3) is 0.963. The number of rotatable bonds is 9. The van der Waals surface area contributed by atoms with Gasteiger partial charge in [-0.05, 0) is 79.4 Å². The lowest BCUT2D eigenvalue weighted by Gasteiger charge is -2.55. The van der Waals surface area contributed by atoms with Crippen LogP contribution in [0.4, 0.5) is 0 Å². The molecular weight excluding hydrogens is 420 g/mol. The molecule has 5 N–H and O–H groups in total. The van der Waals surface area contributed by atoms with E-state index >= 15 is 0 Å². The van der Waals surface area contributed by atoms with E-state index in [4.69, 9.17) is 0 Å². The molecule has 3 aliphatic rings. The second-order valence-corrected chi connectivity index (χ2v) is 12.4. The lowest BCUT2D eigenvalue weighted by atomic mass is 9.49. The minimum Gasteiger partial charge on any atom is -0.396 e. The molecule has 6 heteroatoms. The first kappa shape index (κ1) is 27.1. The summed E-state index contributed by atoms with van der Waals surface area (Å²) in [6, 6.07) is 0. The van der Waals surface area contributed by atoms with Gasteiger partial charge < -0.3 is 25.5 Å². The topological polar surface area (TPSA) is 118 Å². The zero-order valence-corrected chi connectivity index (χ0v) is 21.1.